The molecule has 1 aromatic heterocycles. The molecule has 0 bridgehead atoms. The Morgan fingerprint density at radius 1 is 1.56 bits per heavy atom. The molecule has 1 heterocycles. The summed E-state index contributed by atoms with van der Waals surface area (Å²) in [7, 11) is 3.28. The molecule has 0 aliphatic heterocycles. The Bertz CT molecular complexity index is 382. The van der Waals surface area contributed by atoms with Crippen molar-refractivity contribution in [2.24, 2.45) is 0 Å². The molecular formula is C10H15N3O3. The first-order valence-electron chi connectivity index (χ1n) is 4.85. The van der Waals surface area contributed by atoms with E-state index in [1.165, 1.54) is 7.11 Å². The maximum atomic E-state index is 10.4. The van der Waals surface area contributed by atoms with Crippen molar-refractivity contribution in [2.45, 2.75) is 13.3 Å². The van der Waals surface area contributed by atoms with Crippen LogP contribution in [0.4, 0.5) is 5.95 Å². The van der Waals surface area contributed by atoms with Crippen LogP contribution >= 0.6 is 0 Å². The second-order valence-corrected chi connectivity index (χ2v) is 3.42. The third kappa shape index (κ3) is 3.38. The van der Waals surface area contributed by atoms with Crippen molar-refractivity contribution in [1.29, 1.82) is 0 Å². The van der Waals surface area contributed by atoms with Gasteiger partial charge in [0.1, 0.15) is 0 Å². The fourth-order valence-corrected chi connectivity index (χ4v) is 1.16. The Balaban J connectivity index is 2.77. The zero-order chi connectivity index (χ0) is 12.1. The second-order valence-electron chi connectivity index (χ2n) is 3.42. The summed E-state index contributed by atoms with van der Waals surface area (Å²) in [6, 6.07) is 1.72. The highest BCUT2D eigenvalue weighted by Gasteiger charge is 2.08. The summed E-state index contributed by atoms with van der Waals surface area (Å²) in [6.45, 7) is 2.20. The molecule has 0 amide bonds. The summed E-state index contributed by atoms with van der Waals surface area (Å²) in [6.07, 6.45) is 0.0517. The lowest BCUT2D eigenvalue weighted by molar-refractivity contribution is -0.136. The van der Waals surface area contributed by atoms with E-state index < -0.39 is 5.97 Å². The molecule has 16 heavy (non-hydrogen) atoms. The normalized spacial score (nSPS) is 9.94. The van der Waals surface area contributed by atoms with Crippen molar-refractivity contribution >= 4 is 11.9 Å². The molecule has 0 radical (unpaired) electrons. The number of ether oxygens (including phenoxy) is 1. The fraction of sp³-hybridized carbons (Fsp3) is 0.500. The van der Waals surface area contributed by atoms with Crippen LogP contribution in [0.3, 0.4) is 0 Å². The third-order valence-corrected chi connectivity index (χ3v) is 2.03. The number of hydrogen-bond donors (Lipinski definition) is 1. The van der Waals surface area contributed by atoms with Gasteiger partial charge in [-0.3, -0.25) is 4.79 Å². The van der Waals surface area contributed by atoms with Crippen molar-refractivity contribution in [3.8, 4) is 5.88 Å². The summed E-state index contributed by atoms with van der Waals surface area (Å²) in [5, 5.41) is 8.57. The van der Waals surface area contributed by atoms with E-state index in [-0.39, 0.29) is 6.42 Å². The average molecular weight is 225 g/mol. The van der Waals surface area contributed by atoms with Gasteiger partial charge in [0.2, 0.25) is 11.8 Å². The zero-order valence-electron chi connectivity index (χ0n) is 9.60. The topological polar surface area (TPSA) is 75.5 Å². The Morgan fingerprint density at radius 3 is 2.81 bits per heavy atom. The second kappa shape index (κ2) is 5.29. The Morgan fingerprint density at radius 2 is 2.25 bits per heavy atom. The van der Waals surface area contributed by atoms with Gasteiger partial charge < -0.3 is 14.7 Å². The van der Waals surface area contributed by atoms with Gasteiger partial charge in [-0.1, -0.05) is 0 Å². The number of aliphatic carboxylic acids is 1. The van der Waals surface area contributed by atoms with Gasteiger partial charge in [0.15, 0.2) is 0 Å². The maximum absolute atomic E-state index is 10.4. The van der Waals surface area contributed by atoms with E-state index in [4.69, 9.17) is 9.84 Å². The van der Waals surface area contributed by atoms with Gasteiger partial charge >= 0.3 is 5.97 Å². The Labute approximate surface area is 93.9 Å². The van der Waals surface area contributed by atoms with Gasteiger partial charge in [0, 0.05) is 25.4 Å². The van der Waals surface area contributed by atoms with Crippen LogP contribution in [-0.2, 0) is 4.79 Å². The predicted molar refractivity (Wildman–Crippen MR) is 58.8 cm³/mol. The van der Waals surface area contributed by atoms with Gasteiger partial charge in [0.05, 0.1) is 13.5 Å². The van der Waals surface area contributed by atoms with E-state index in [1.54, 1.807) is 18.0 Å². The van der Waals surface area contributed by atoms with Crippen LogP contribution in [-0.4, -0.2) is 41.7 Å². The van der Waals surface area contributed by atoms with E-state index in [1.807, 2.05) is 6.92 Å². The van der Waals surface area contributed by atoms with Gasteiger partial charge in [-0.15, -0.1) is 0 Å². The molecule has 0 spiro atoms. The Hall–Kier alpha value is -1.85. The van der Waals surface area contributed by atoms with Gasteiger partial charge in [-0.25, -0.2) is 4.98 Å². The predicted octanol–water partition coefficient (Wildman–Crippen LogP) is 0.705. The highest BCUT2D eigenvalue weighted by atomic mass is 16.5. The molecule has 6 heteroatoms. The first kappa shape index (κ1) is 12.2. The molecular weight excluding hydrogens is 210 g/mol. The number of methoxy groups -OCH3 is 1. The number of anilines is 1. The monoisotopic (exact) mass is 225 g/mol. The van der Waals surface area contributed by atoms with Crippen LogP contribution in [0.2, 0.25) is 0 Å². The Kier molecular flexibility index (Phi) is 4.04. The van der Waals surface area contributed by atoms with Gasteiger partial charge in [-0.2, -0.15) is 4.98 Å². The number of carboxylic acids is 1. The quantitative estimate of drug-likeness (QED) is 0.795. The highest BCUT2D eigenvalue weighted by Crippen LogP contribution is 2.13. The smallest absolute Gasteiger partial charge is 0.305 e. The molecule has 0 saturated carbocycles. The number of carbonyl (C=O) groups is 1. The molecule has 0 aromatic carbocycles. The summed E-state index contributed by atoms with van der Waals surface area (Å²) in [5.74, 6) is 0.106. The SMILES string of the molecule is COc1cc(C)nc(N(C)CCC(=O)O)n1. The largest absolute Gasteiger partial charge is 0.481 e. The number of rotatable bonds is 5. The van der Waals surface area contributed by atoms with Crippen LogP contribution in [0.25, 0.3) is 0 Å². The minimum atomic E-state index is -0.841. The summed E-state index contributed by atoms with van der Waals surface area (Å²) >= 11 is 0. The van der Waals surface area contributed by atoms with Crippen molar-refractivity contribution in [2.75, 3.05) is 25.6 Å². The molecule has 0 aliphatic carbocycles. The maximum Gasteiger partial charge on any atom is 0.305 e. The van der Waals surface area contributed by atoms with Crippen LogP contribution in [0, 0.1) is 6.92 Å². The molecule has 1 aromatic rings. The van der Waals surface area contributed by atoms with Gasteiger partial charge in [-0.05, 0) is 6.92 Å². The summed E-state index contributed by atoms with van der Waals surface area (Å²) < 4.78 is 5.02. The van der Waals surface area contributed by atoms with Crippen LogP contribution in [0.1, 0.15) is 12.1 Å². The third-order valence-electron chi connectivity index (χ3n) is 2.03. The van der Waals surface area contributed by atoms with Crippen molar-refractivity contribution in [3.05, 3.63) is 11.8 Å². The number of aryl methyl sites for hydroxylation is 1. The molecule has 0 unspecified atom stereocenters. The van der Waals surface area contributed by atoms with Crippen molar-refractivity contribution in [1.82, 2.24) is 9.97 Å². The minimum Gasteiger partial charge on any atom is -0.481 e. The molecule has 0 fully saturated rings. The van der Waals surface area contributed by atoms with Crippen LogP contribution in [0.15, 0.2) is 6.07 Å². The van der Waals surface area contributed by atoms with E-state index in [0.29, 0.717) is 18.4 Å². The van der Waals surface area contributed by atoms with Crippen molar-refractivity contribution < 1.29 is 14.6 Å². The van der Waals surface area contributed by atoms with E-state index in [9.17, 15) is 4.79 Å². The molecule has 88 valence electrons. The lowest BCUT2D eigenvalue weighted by Gasteiger charge is -2.16. The number of hydrogen-bond acceptors (Lipinski definition) is 5. The zero-order valence-corrected chi connectivity index (χ0v) is 9.60. The first-order chi connectivity index (χ1) is 7.52. The van der Waals surface area contributed by atoms with E-state index in [0.717, 1.165) is 5.69 Å². The standard InChI is InChI=1S/C10H15N3O3/c1-7-6-8(16-3)12-10(11-7)13(2)5-4-9(14)15/h6H,4-5H2,1-3H3,(H,14,15). The average Bonchev–Trinajstić information content (AvgIpc) is 2.24. The van der Waals surface area contributed by atoms with E-state index >= 15 is 0 Å². The molecule has 1 rings (SSSR count). The highest BCUT2D eigenvalue weighted by molar-refractivity contribution is 5.67. The lowest BCUT2D eigenvalue weighted by atomic mass is 10.4. The van der Waals surface area contributed by atoms with Crippen LogP contribution in [0.5, 0.6) is 5.88 Å². The lowest BCUT2D eigenvalue weighted by Crippen LogP contribution is -2.23. The molecule has 0 atom stereocenters. The molecule has 0 aliphatic rings. The van der Waals surface area contributed by atoms with Crippen LogP contribution < -0.4 is 9.64 Å². The molecule has 6 nitrogen and oxygen atoms in total. The first-order valence-corrected chi connectivity index (χ1v) is 4.85. The number of aromatic nitrogens is 2. The molecule has 1 N–H and O–H groups in total. The van der Waals surface area contributed by atoms with Gasteiger partial charge in [0.25, 0.3) is 0 Å². The summed E-state index contributed by atoms with van der Waals surface area (Å²) in [5.41, 5.74) is 0.782. The minimum absolute atomic E-state index is 0.0517. The summed E-state index contributed by atoms with van der Waals surface area (Å²) in [4.78, 5) is 20.4. The van der Waals surface area contributed by atoms with Crippen molar-refractivity contribution in [3.63, 3.8) is 0 Å². The molecule has 0 saturated heterocycles. The van der Waals surface area contributed by atoms with E-state index in [2.05, 4.69) is 9.97 Å². The number of carboxylic acid groups (broad SMARTS) is 1. The fourth-order valence-electron chi connectivity index (χ4n) is 1.16. The number of nitrogens with zero attached hydrogens (tertiary/aromatic N) is 3.